The van der Waals surface area contributed by atoms with Crippen LogP contribution in [0.5, 0.6) is 0 Å². The lowest BCUT2D eigenvalue weighted by atomic mass is 9.92. The largest absolute Gasteiger partial charge is 0.462 e. The summed E-state index contributed by atoms with van der Waals surface area (Å²) in [6, 6.07) is 15.5. The van der Waals surface area contributed by atoms with E-state index in [-0.39, 0.29) is 25.2 Å². The van der Waals surface area contributed by atoms with E-state index in [1.54, 1.807) is 54.9 Å². The lowest BCUT2D eigenvalue weighted by Gasteiger charge is -2.16. The molecule has 0 radical (unpaired) electrons. The average molecular weight is 419 g/mol. The van der Waals surface area contributed by atoms with Crippen molar-refractivity contribution in [1.82, 2.24) is 4.98 Å². The molecule has 1 amide bonds. The zero-order chi connectivity index (χ0) is 22.2. The molecule has 0 aliphatic carbocycles. The summed E-state index contributed by atoms with van der Waals surface area (Å²) in [6.45, 7) is 1.97. The number of amides is 1. The molecular formula is C24H25N3O4. The Bertz CT molecular complexity index is 1050. The molecule has 1 atom stereocenters. The van der Waals surface area contributed by atoms with Crippen LogP contribution in [0.3, 0.4) is 0 Å². The second kappa shape index (κ2) is 10.5. The van der Waals surface area contributed by atoms with Gasteiger partial charge in [0.05, 0.1) is 12.2 Å². The number of carbonyl (C=O) groups excluding carboxylic acids is 2. The zero-order valence-corrected chi connectivity index (χ0v) is 17.2. The summed E-state index contributed by atoms with van der Waals surface area (Å²) >= 11 is 0. The number of hydrogen-bond donors (Lipinski definition) is 3. The molecule has 0 spiro atoms. The van der Waals surface area contributed by atoms with Crippen molar-refractivity contribution in [2.75, 3.05) is 18.5 Å². The number of pyridine rings is 1. The van der Waals surface area contributed by atoms with E-state index in [1.807, 2.05) is 19.1 Å². The van der Waals surface area contributed by atoms with Crippen molar-refractivity contribution in [3.63, 3.8) is 0 Å². The topological polar surface area (TPSA) is 115 Å². The molecule has 3 aromatic rings. The molecule has 0 saturated carbocycles. The molecule has 0 aliphatic rings. The third-order valence-corrected chi connectivity index (χ3v) is 4.69. The highest BCUT2D eigenvalue weighted by Gasteiger charge is 2.16. The average Bonchev–Trinajstić information content (AvgIpc) is 2.79. The molecule has 4 N–H and O–H groups in total. The molecule has 0 fully saturated rings. The van der Waals surface area contributed by atoms with Crippen molar-refractivity contribution in [1.29, 1.82) is 0 Å². The molecule has 1 unspecified atom stereocenters. The number of rotatable bonds is 8. The molecule has 2 aromatic carbocycles. The van der Waals surface area contributed by atoms with Gasteiger partial charge in [-0.15, -0.1) is 0 Å². The van der Waals surface area contributed by atoms with E-state index in [9.17, 15) is 9.59 Å². The fraction of sp³-hybridized carbons (Fsp3) is 0.208. The number of nitrogens with two attached hydrogens (primary N) is 1. The predicted octanol–water partition coefficient (Wildman–Crippen LogP) is 3.56. The molecular weight excluding hydrogens is 394 g/mol. The Morgan fingerprint density at radius 2 is 1.87 bits per heavy atom. The van der Waals surface area contributed by atoms with E-state index < -0.39 is 5.97 Å². The highest BCUT2D eigenvalue weighted by Crippen LogP contribution is 2.30. The van der Waals surface area contributed by atoms with Gasteiger partial charge in [-0.2, -0.15) is 0 Å². The molecule has 0 bridgehead atoms. The fourth-order valence-corrected chi connectivity index (χ4v) is 3.11. The number of benzene rings is 2. The van der Waals surface area contributed by atoms with Gasteiger partial charge in [-0.3, -0.25) is 9.78 Å². The van der Waals surface area contributed by atoms with Gasteiger partial charge >= 0.3 is 5.97 Å². The summed E-state index contributed by atoms with van der Waals surface area (Å²) in [4.78, 5) is 29.0. The van der Waals surface area contributed by atoms with E-state index >= 15 is 0 Å². The molecule has 1 aromatic heterocycles. The first-order valence-corrected chi connectivity index (χ1v) is 9.99. The third kappa shape index (κ3) is 5.75. The maximum Gasteiger partial charge on any atom is 0.338 e. The van der Waals surface area contributed by atoms with E-state index in [4.69, 9.17) is 15.6 Å². The molecule has 3 rings (SSSR count). The van der Waals surface area contributed by atoms with Gasteiger partial charge in [-0.1, -0.05) is 18.2 Å². The standard InChI is InChI=1S/C24H25N3O4/c1-16(25)21-7-6-18(23(29)27-20-8-10-26-11-9-20)15-22(21)17-4-2-5-19(14-17)24(30)31-13-3-12-28/h2,4-11,14-16,28H,3,12-13,25H2,1H3,(H,26,27,29). The Labute approximate surface area is 180 Å². The van der Waals surface area contributed by atoms with Gasteiger partial charge < -0.3 is 20.9 Å². The predicted molar refractivity (Wildman–Crippen MR) is 119 cm³/mol. The van der Waals surface area contributed by atoms with Crippen molar-refractivity contribution in [2.24, 2.45) is 5.73 Å². The Morgan fingerprint density at radius 3 is 2.58 bits per heavy atom. The van der Waals surface area contributed by atoms with Crippen molar-refractivity contribution in [2.45, 2.75) is 19.4 Å². The maximum absolute atomic E-state index is 12.7. The molecule has 7 heteroatoms. The van der Waals surface area contributed by atoms with Crippen LogP contribution in [0.25, 0.3) is 11.1 Å². The lowest BCUT2D eigenvalue weighted by molar-refractivity contribution is 0.0482. The Balaban J connectivity index is 1.92. The molecule has 160 valence electrons. The van der Waals surface area contributed by atoms with Crippen molar-refractivity contribution >= 4 is 17.6 Å². The van der Waals surface area contributed by atoms with Gasteiger partial charge in [0, 0.05) is 42.7 Å². The quantitative estimate of drug-likeness (QED) is 0.380. The number of nitrogens with one attached hydrogen (secondary N) is 1. The van der Waals surface area contributed by atoms with Crippen LogP contribution in [-0.2, 0) is 4.74 Å². The number of aliphatic hydroxyl groups excluding tert-OH is 1. The fourth-order valence-electron chi connectivity index (χ4n) is 3.11. The minimum absolute atomic E-state index is 0.0422. The normalized spacial score (nSPS) is 11.6. The first-order valence-electron chi connectivity index (χ1n) is 9.99. The summed E-state index contributed by atoms with van der Waals surface area (Å²) in [5, 5.41) is 11.7. The second-order valence-corrected chi connectivity index (χ2v) is 7.07. The smallest absolute Gasteiger partial charge is 0.338 e. The van der Waals surface area contributed by atoms with Crippen molar-refractivity contribution < 1.29 is 19.4 Å². The number of hydrogen-bond acceptors (Lipinski definition) is 6. The van der Waals surface area contributed by atoms with E-state index in [1.165, 1.54) is 0 Å². The Kier molecular flexibility index (Phi) is 7.48. The van der Waals surface area contributed by atoms with E-state index in [2.05, 4.69) is 10.3 Å². The van der Waals surface area contributed by atoms with Crippen LogP contribution in [0.15, 0.2) is 67.0 Å². The summed E-state index contributed by atoms with van der Waals surface area (Å²) in [6.07, 6.45) is 3.59. The minimum atomic E-state index is -0.468. The van der Waals surface area contributed by atoms with Gasteiger partial charge in [0.15, 0.2) is 0 Å². The molecule has 31 heavy (non-hydrogen) atoms. The zero-order valence-electron chi connectivity index (χ0n) is 17.2. The van der Waals surface area contributed by atoms with Gasteiger partial charge in [0.25, 0.3) is 5.91 Å². The monoisotopic (exact) mass is 419 g/mol. The molecule has 0 saturated heterocycles. The summed E-state index contributed by atoms with van der Waals surface area (Å²) in [5.41, 5.74) is 10.0. The van der Waals surface area contributed by atoms with Crippen LogP contribution in [0.4, 0.5) is 5.69 Å². The maximum atomic E-state index is 12.7. The van der Waals surface area contributed by atoms with Crippen LogP contribution in [0.1, 0.15) is 45.7 Å². The van der Waals surface area contributed by atoms with E-state index in [0.717, 1.165) is 16.7 Å². The highest BCUT2D eigenvalue weighted by atomic mass is 16.5. The SMILES string of the molecule is CC(N)c1ccc(C(=O)Nc2ccncc2)cc1-c1cccc(C(=O)OCCCO)c1. The van der Waals surface area contributed by atoms with Crippen molar-refractivity contribution in [3.8, 4) is 11.1 Å². The summed E-state index contributed by atoms with van der Waals surface area (Å²) < 4.78 is 5.17. The van der Waals surface area contributed by atoms with Gasteiger partial charge in [-0.05, 0) is 60.0 Å². The number of anilines is 1. The summed E-state index contributed by atoms with van der Waals surface area (Å²) in [7, 11) is 0. The number of esters is 1. The third-order valence-electron chi connectivity index (χ3n) is 4.69. The highest BCUT2D eigenvalue weighted by molar-refractivity contribution is 6.05. The number of ether oxygens (including phenoxy) is 1. The van der Waals surface area contributed by atoms with Gasteiger partial charge in [-0.25, -0.2) is 4.79 Å². The lowest BCUT2D eigenvalue weighted by Crippen LogP contribution is -2.14. The van der Waals surface area contributed by atoms with Crippen LogP contribution in [0.2, 0.25) is 0 Å². The Morgan fingerprint density at radius 1 is 1.10 bits per heavy atom. The second-order valence-electron chi connectivity index (χ2n) is 7.07. The number of aliphatic hydroxyl groups is 1. The number of carbonyl (C=O) groups is 2. The Hall–Kier alpha value is -3.55. The van der Waals surface area contributed by atoms with Crippen LogP contribution >= 0.6 is 0 Å². The molecule has 1 heterocycles. The van der Waals surface area contributed by atoms with E-state index in [0.29, 0.717) is 23.2 Å². The number of aromatic nitrogens is 1. The summed E-state index contributed by atoms with van der Waals surface area (Å²) in [5.74, 6) is -0.729. The van der Waals surface area contributed by atoms with Crippen LogP contribution < -0.4 is 11.1 Å². The van der Waals surface area contributed by atoms with Crippen LogP contribution in [0, 0.1) is 0 Å². The van der Waals surface area contributed by atoms with Gasteiger partial charge in [0.2, 0.25) is 0 Å². The first kappa shape index (κ1) is 22.1. The van der Waals surface area contributed by atoms with Crippen LogP contribution in [-0.4, -0.2) is 35.2 Å². The van der Waals surface area contributed by atoms with Crippen molar-refractivity contribution in [3.05, 3.63) is 83.7 Å². The molecule has 7 nitrogen and oxygen atoms in total. The first-order chi connectivity index (χ1) is 15.0. The minimum Gasteiger partial charge on any atom is -0.462 e. The van der Waals surface area contributed by atoms with Gasteiger partial charge in [0.1, 0.15) is 0 Å². The molecule has 0 aliphatic heterocycles. The number of nitrogens with zero attached hydrogens (tertiary/aromatic N) is 1.